The average Bonchev–Trinajstić information content (AvgIpc) is 3.12. The van der Waals surface area contributed by atoms with Crippen LogP contribution in [0.15, 0.2) is 12.2 Å². The molecule has 0 N–H and O–H groups in total. The highest BCUT2D eigenvalue weighted by Crippen LogP contribution is 2.15. The minimum absolute atomic E-state index is 0.0695. The van der Waals surface area contributed by atoms with Crippen molar-refractivity contribution in [1.82, 2.24) is 0 Å². The molecule has 1 unspecified atom stereocenters. The molecule has 1 atom stereocenters. The summed E-state index contributed by atoms with van der Waals surface area (Å²) in [6.07, 6.45) is 42.0. The molecule has 0 fully saturated rings. The molecule has 6 nitrogen and oxygen atoms in total. The molecule has 0 aromatic carbocycles. The van der Waals surface area contributed by atoms with Crippen LogP contribution in [-0.4, -0.2) is 37.2 Å². The minimum Gasteiger partial charge on any atom is -0.462 e. The smallest absolute Gasteiger partial charge is 0.306 e. The predicted molar refractivity (Wildman–Crippen MR) is 215 cm³/mol. The third kappa shape index (κ3) is 39.2. The zero-order chi connectivity index (χ0) is 37.3. The lowest BCUT2D eigenvalue weighted by Gasteiger charge is -2.18. The van der Waals surface area contributed by atoms with Crippen molar-refractivity contribution in [3.8, 4) is 0 Å². The number of carbonyl (C=O) groups is 3. The molecule has 0 amide bonds. The lowest BCUT2D eigenvalue weighted by atomic mass is 10.0. The van der Waals surface area contributed by atoms with Crippen LogP contribution in [0.2, 0.25) is 0 Å². The molecule has 0 spiro atoms. The number of ether oxygens (including phenoxy) is 3. The Bertz CT molecular complexity index is 794. The van der Waals surface area contributed by atoms with Crippen LogP contribution in [0.25, 0.3) is 0 Å². The van der Waals surface area contributed by atoms with E-state index in [1.165, 1.54) is 135 Å². The van der Waals surface area contributed by atoms with Crippen LogP contribution >= 0.6 is 0 Å². The molecule has 0 radical (unpaired) electrons. The third-order valence-electron chi connectivity index (χ3n) is 9.77. The molecule has 0 aliphatic heterocycles. The summed E-state index contributed by atoms with van der Waals surface area (Å²) in [5.41, 5.74) is 0. The Balaban J connectivity index is 4.30. The van der Waals surface area contributed by atoms with Crippen LogP contribution in [0.5, 0.6) is 0 Å². The molecule has 0 rings (SSSR count). The lowest BCUT2D eigenvalue weighted by Crippen LogP contribution is -2.30. The number of carbonyl (C=O) groups excluding carboxylic acids is 3. The van der Waals surface area contributed by atoms with Gasteiger partial charge in [0.05, 0.1) is 0 Å². The summed E-state index contributed by atoms with van der Waals surface area (Å²) in [5.74, 6) is -0.877. The van der Waals surface area contributed by atoms with Gasteiger partial charge < -0.3 is 14.2 Å². The number of rotatable bonds is 40. The van der Waals surface area contributed by atoms with Gasteiger partial charge in [-0.2, -0.15) is 0 Å². The molecule has 0 aromatic rings. The van der Waals surface area contributed by atoms with E-state index in [4.69, 9.17) is 14.2 Å². The molecule has 0 bridgehead atoms. The summed E-state index contributed by atoms with van der Waals surface area (Å²) in [6, 6.07) is 0. The highest BCUT2D eigenvalue weighted by Gasteiger charge is 2.19. The maximum atomic E-state index is 12.6. The van der Waals surface area contributed by atoms with E-state index in [0.29, 0.717) is 19.3 Å². The maximum Gasteiger partial charge on any atom is 0.306 e. The fourth-order valence-electron chi connectivity index (χ4n) is 6.36. The first-order chi connectivity index (χ1) is 25.0. The van der Waals surface area contributed by atoms with Crippen LogP contribution in [0.3, 0.4) is 0 Å². The Hall–Kier alpha value is -1.85. The van der Waals surface area contributed by atoms with Crippen LogP contribution in [-0.2, 0) is 28.6 Å². The Morgan fingerprint density at radius 2 is 0.667 bits per heavy atom. The Morgan fingerprint density at radius 3 is 1.04 bits per heavy atom. The van der Waals surface area contributed by atoms with Crippen molar-refractivity contribution >= 4 is 17.9 Å². The van der Waals surface area contributed by atoms with Crippen LogP contribution in [0.1, 0.15) is 239 Å². The summed E-state index contributed by atoms with van der Waals surface area (Å²) in [4.78, 5) is 37.5. The zero-order valence-electron chi connectivity index (χ0n) is 34.1. The van der Waals surface area contributed by atoms with E-state index >= 15 is 0 Å². The summed E-state index contributed by atoms with van der Waals surface area (Å²) < 4.78 is 16.6. The van der Waals surface area contributed by atoms with E-state index in [2.05, 4.69) is 32.9 Å². The van der Waals surface area contributed by atoms with E-state index < -0.39 is 6.10 Å². The van der Waals surface area contributed by atoms with Crippen molar-refractivity contribution < 1.29 is 28.6 Å². The second-order valence-corrected chi connectivity index (χ2v) is 15.0. The largest absolute Gasteiger partial charge is 0.462 e. The molecule has 6 heteroatoms. The van der Waals surface area contributed by atoms with E-state index in [-0.39, 0.29) is 31.1 Å². The van der Waals surface area contributed by atoms with E-state index in [1.54, 1.807) is 0 Å². The van der Waals surface area contributed by atoms with Crippen molar-refractivity contribution in [2.75, 3.05) is 13.2 Å². The van der Waals surface area contributed by atoms with Crippen molar-refractivity contribution in [2.45, 2.75) is 245 Å². The molecule has 0 saturated heterocycles. The molecular weight excluding hydrogens is 636 g/mol. The molecule has 0 aromatic heterocycles. The number of hydrogen-bond donors (Lipinski definition) is 0. The molecule has 0 aliphatic carbocycles. The minimum atomic E-state index is -0.764. The highest BCUT2D eigenvalue weighted by atomic mass is 16.6. The van der Waals surface area contributed by atoms with Crippen molar-refractivity contribution in [2.24, 2.45) is 0 Å². The van der Waals surface area contributed by atoms with Gasteiger partial charge in [-0.1, -0.05) is 193 Å². The summed E-state index contributed by atoms with van der Waals surface area (Å²) >= 11 is 0. The standard InChI is InChI=1S/C45H84O6/c1-4-7-10-13-16-19-21-22-23-25-26-29-32-35-38-44(47)50-41-42(40-49-43(46)37-34-31-28-18-15-12-9-6-3)51-45(48)39-36-33-30-27-24-20-17-14-11-8-5-2/h14,17,42H,4-13,15-16,18-41H2,1-3H3/b17-14-. The zero-order valence-corrected chi connectivity index (χ0v) is 34.1. The first kappa shape index (κ1) is 49.1. The Morgan fingerprint density at radius 1 is 0.373 bits per heavy atom. The molecule has 0 saturated carbocycles. The van der Waals surface area contributed by atoms with Gasteiger partial charge in [-0.05, 0) is 38.5 Å². The monoisotopic (exact) mass is 721 g/mol. The van der Waals surface area contributed by atoms with E-state index in [1.807, 2.05) is 0 Å². The van der Waals surface area contributed by atoms with Crippen molar-refractivity contribution in [3.63, 3.8) is 0 Å². The maximum absolute atomic E-state index is 12.6. The topological polar surface area (TPSA) is 78.9 Å². The van der Waals surface area contributed by atoms with Gasteiger partial charge in [0.1, 0.15) is 13.2 Å². The normalized spacial score (nSPS) is 12.0. The fourth-order valence-corrected chi connectivity index (χ4v) is 6.36. The number of esters is 3. The SMILES string of the molecule is CCCC/C=C\CCCCCCCC(=O)OC(COC(=O)CCCCCCCCCC)COC(=O)CCCCCCCCCCCCCCCC. The van der Waals surface area contributed by atoms with Crippen molar-refractivity contribution in [3.05, 3.63) is 12.2 Å². The summed E-state index contributed by atoms with van der Waals surface area (Å²) in [7, 11) is 0. The van der Waals surface area contributed by atoms with Gasteiger partial charge in [0.2, 0.25) is 0 Å². The van der Waals surface area contributed by atoms with Gasteiger partial charge >= 0.3 is 17.9 Å². The fraction of sp³-hybridized carbons (Fsp3) is 0.889. The third-order valence-corrected chi connectivity index (χ3v) is 9.77. The highest BCUT2D eigenvalue weighted by molar-refractivity contribution is 5.71. The van der Waals surface area contributed by atoms with Gasteiger partial charge in [-0.15, -0.1) is 0 Å². The van der Waals surface area contributed by atoms with Gasteiger partial charge in [0.25, 0.3) is 0 Å². The second-order valence-electron chi connectivity index (χ2n) is 15.0. The average molecular weight is 721 g/mol. The first-order valence-electron chi connectivity index (χ1n) is 22.2. The van der Waals surface area contributed by atoms with Gasteiger partial charge in [-0.25, -0.2) is 0 Å². The number of hydrogen-bond acceptors (Lipinski definition) is 6. The molecule has 51 heavy (non-hydrogen) atoms. The Kier molecular flexibility index (Phi) is 39.4. The quantitative estimate of drug-likeness (QED) is 0.0271. The van der Waals surface area contributed by atoms with E-state index in [0.717, 1.165) is 64.2 Å². The van der Waals surface area contributed by atoms with Gasteiger partial charge in [0.15, 0.2) is 6.10 Å². The summed E-state index contributed by atoms with van der Waals surface area (Å²) in [5, 5.41) is 0. The van der Waals surface area contributed by atoms with Crippen LogP contribution in [0.4, 0.5) is 0 Å². The van der Waals surface area contributed by atoms with Gasteiger partial charge in [0, 0.05) is 19.3 Å². The van der Waals surface area contributed by atoms with Gasteiger partial charge in [-0.3, -0.25) is 14.4 Å². The van der Waals surface area contributed by atoms with E-state index in [9.17, 15) is 14.4 Å². The van der Waals surface area contributed by atoms with Crippen LogP contribution in [0, 0.1) is 0 Å². The summed E-state index contributed by atoms with van der Waals surface area (Å²) in [6.45, 7) is 6.57. The molecule has 300 valence electrons. The van der Waals surface area contributed by atoms with Crippen molar-refractivity contribution in [1.29, 1.82) is 0 Å². The lowest BCUT2D eigenvalue weighted by molar-refractivity contribution is -0.167. The molecule has 0 aliphatic rings. The predicted octanol–water partition coefficient (Wildman–Crippen LogP) is 13.9. The molecule has 0 heterocycles. The first-order valence-corrected chi connectivity index (χ1v) is 22.2. The molecular formula is C45H84O6. The number of allylic oxidation sites excluding steroid dienone is 2. The van der Waals surface area contributed by atoms with Crippen LogP contribution < -0.4 is 0 Å². The number of unbranched alkanes of at least 4 members (excludes halogenated alkanes) is 27. The Labute approximate surface area is 316 Å². The second kappa shape index (κ2) is 40.9.